The average Bonchev–Trinajstić information content (AvgIpc) is 2.27. The molecule has 82 valence electrons. The first-order valence-corrected chi connectivity index (χ1v) is 5.61. The number of nitrogen functional groups attached to an aromatic ring is 1. The third kappa shape index (κ3) is 2.52. The maximum Gasteiger partial charge on any atom is 0.219 e. The lowest BCUT2D eigenvalue weighted by Crippen LogP contribution is -1.95. The van der Waals surface area contributed by atoms with Crippen molar-refractivity contribution in [1.82, 2.24) is 4.98 Å². The predicted molar refractivity (Wildman–Crippen MR) is 67.6 cm³/mol. The normalized spacial score (nSPS) is 10.1. The number of aryl methyl sites for hydroxylation is 1. The van der Waals surface area contributed by atoms with Crippen LogP contribution in [-0.4, -0.2) is 4.98 Å². The summed E-state index contributed by atoms with van der Waals surface area (Å²) in [5, 5.41) is 0. The molecular formula is C12H11BrN2O. The van der Waals surface area contributed by atoms with E-state index in [1.807, 2.05) is 31.2 Å². The van der Waals surface area contributed by atoms with Gasteiger partial charge in [0.25, 0.3) is 0 Å². The van der Waals surface area contributed by atoms with Crippen LogP contribution in [-0.2, 0) is 0 Å². The van der Waals surface area contributed by atoms with Gasteiger partial charge >= 0.3 is 0 Å². The molecule has 2 N–H and O–H groups in total. The van der Waals surface area contributed by atoms with E-state index in [9.17, 15) is 0 Å². The molecule has 0 unspecified atom stereocenters. The summed E-state index contributed by atoms with van der Waals surface area (Å²) in [6.07, 6.45) is 0. The van der Waals surface area contributed by atoms with Gasteiger partial charge in [0.1, 0.15) is 5.75 Å². The summed E-state index contributed by atoms with van der Waals surface area (Å²) in [5.41, 5.74) is 7.12. The van der Waals surface area contributed by atoms with E-state index in [2.05, 4.69) is 20.9 Å². The van der Waals surface area contributed by atoms with Crippen molar-refractivity contribution >= 4 is 21.6 Å². The monoisotopic (exact) mass is 278 g/mol. The van der Waals surface area contributed by atoms with Gasteiger partial charge in [-0.05, 0) is 37.3 Å². The fourth-order valence-corrected chi connectivity index (χ4v) is 1.49. The molecule has 0 atom stereocenters. The Kier molecular flexibility index (Phi) is 3.10. The molecule has 0 fully saturated rings. The maximum absolute atomic E-state index is 5.68. The summed E-state index contributed by atoms with van der Waals surface area (Å²) in [7, 11) is 0. The molecule has 0 saturated heterocycles. The van der Waals surface area contributed by atoms with Gasteiger partial charge in [-0.1, -0.05) is 15.9 Å². The zero-order valence-corrected chi connectivity index (χ0v) is 10.4. The number of rotatable bonds is 2. The second-order valence-corrected chi connectivity index (χ2v) is 4.30. The number of nitrogens with two attached hydrogens (primary N) is 1. The smallest absolute Gasteiger partial charge is 0.219 e. The SMILES string of the molecule is Cc1nc(Oc2ccc(Br)cc2)ccc1N. The molecule has 0 aliphatic carbocycles. The first-order chi connectivity index (χ1) is 7.65. The molecule has 0 aliphatic heterocycles. The number of pyridine rings is 1. The highest BCUT2D eigenvalue weighted by Crippen LogP contribution is 2.23. The van der Waals surface area contributed by atoms with Gasteiger partial charge in [-0.15, -0.1) is 0 Å². The van der Waals surface area contributed by atoms with Crippen LogP contribution in [0, 0.1) is 6.92 Å². The van der Waals surface area contributed by atoms with Gasteiger partial charge in [0.15, 0.2) is 0 Å². The van der Waals surface area contributed by atoms with Gasteiger partial charge in [0.05, 0.1) is 11.4 Å². The summed E-state index contributed by atoms with van der Waals surface area (Å²) in [6, 6.07) is 11.1. The zero-order chi connectivity index (χ0) is 11.5. The minimum absolute atomic E-state index is 0.550. The lowest BCUT2D eigenvalue weighted by molar-refractivity contribution is 0.462. The largest absolute Gasteiger partial charge is 0.439 e. The number of hydrogen-bond donors (Lipinski definition) is 1. The molecule has 2 aromatic rings. The van der Waals surface area contributed by atoms with E-state index in [1.165, 1.54) is 0 Å². The fourth-order valence-electron chi connectivity index (χ4n) is 1.23. The molecule has 16 heavy (non-hydrogen) atoms. The van der Waals surface area contributed by atoms with Gasteiger partial charge < -0.3 is 10.5 Å². The van der Waals surface area contributed by atoms with E-state index < -0.39 is 0 Å². The molecule has 0 saturated carbocycles. The Labute approximate surface area is 102 Å². The molecule has 0 radical (unpaired) electrons. The summed E-state index contributed by atoms with van der Waals surface area (Å²) >= 11 is 3.36. The van der Waals surface area contributed by atoms with Crippen molar-refractivity contribution in [3.63, 3.8) is 0 Å². The third-order valence-electron chi connectivity index (χ3n) is 2.14. The number of anilines is 1. The van der Waals surface area contributed by atoms with Crippen LogP contribution in [0.3, 0.4) is 0 Å². The molecule has 0 amide bonds. The predicted octanol–water partition coefficient (Wildman–Crippen LogP) is 3.53. The van der Waals surface area contributed by atoms with E-state index in [0.29, 0.717) is 11.6 Å². The standard InChI is InChI=1S/C12H11BrN2O/c1-8-11(14)6-7-12(15-8)16-10-4-2-9(13)3-5-10/h2-7H,14H2,1H3. The van der Waals surface area contributed by atoms with Crippen LogP contribution in [0.1, 0.15) is 5.69 Å². The Hall–Kier alpha value is -1.55. The summed E-state index contributed by atoms with van der Waals surface area (Å²) in [5.74, 6) is 1.30. The van der Waals surface area contributed by atoms with Gasteiger partial charge in [-0.25, -0.2) is 4.98 Å². The number of nitrogens with zero attached hydrogens (tertiary/aromatic N) is 1. The number of benzene rings is 1. The van der Waals surface area contributed by atoms with Crippen LogP contribution in [0.4, 0.5) is 5.69 Å². The summed E-state index contributed by atoms with van der Waals surface area (Å²) in [6.45, 7) is 1.85. The van der Waals surface area contributed by atoms with Crippen molar-refractivity contribution in [2.75, 3.05) is 5.73 Å². The van der Waals surface area contributed by atoms with Gasteiger partial charge in [-0.2, -0.15) is 0 Å². The Morgan fingerprint density at radius 3 is 2.44 bits per heavy atom. The Balaban J connectivity index is 2.20. The summed E-state index contributed by atoms with van der Waals surface area (Å²) in [4.78, 5) is 4.23. The topological polar surface area (TPSA) is 48.1 Å². The third-order valence-corrected chi connectivity index (χ3v) is 2.67. The second kappa shape index (κ2) is 4.53. The van der Waals surface area contributed by atoms with Crippen LogP contribution in [0.2, 0.25) is 0 Å². The molecular weight excluding hydrogens is 268 g/mol. The molecule has 0 aliphatic rings. The second-order valence-electron chi connectivity index (χ2n) is 3.38. The number of aromatic nitrogens is 1. The van der Waals surface area contributed by atoms with Crippen molar-refractivity contribution in [3.8, 4) is 11.6 Å². The summed E-state index contributed by atoms with van der Waals surface area (Å²) < 4.78 is 6.60. The highest BCUT2D eigenvalue weighted by atomic mass is 79.9. The van der Waals surface area contributed by atoms with Crippen LogP contribution in [0.5, 0.6) is 11.6 Å². The Morgan fingerprint density at radius 1 is 1.12 bits per heavy atom. The van der Waals surface area contributed by atoms with E-state index in [4.69, 9.17) is 10.5 Å². The van der Waals surface area contributed by atoms with Crippen LogP contribution in [0.15, 0.2) is 40.9 Å². The first-order valence-electron chi connectivity index (χ1n) is 4.82. The maximum atomic E-state index is 5.68. The molecule has 1 aromatic heterocycles. The van der Waals surface area contributed by atoms with E-state index in [0.717, 1.165) is 15.9 Å². The van der Waals surface area contributed by atoms with Crippen molar-refractivity contribution in [2.45, 2.75) is 6.92 Å². The molecule has 4 heteroatoms. The molecule has 0 bridgehead atoms. The molecule has 1 aromatic carbocycles. The van der Waals surface area contributed by atoms with Gasteiger partial charge in [0.2, 0.25) is 5.88 Å². The van der Waals surface area contributed by atoms with Gasteiger partial charge in [0, 0.05) is 10.5 Å². The van der Waals surface area contributed by atoms with Crippen molar-refractivity contribution in [1.29, 1.82) is 0 Å². The highest BCUT2D eigenvalue weighted by molar-refractivity contribution is 9.10. The fraction of sp³-hybridized carbons (Fsp3) is 0.0833. The molecule has 3 nitrogen and oxygen atoms in total. The Bertz CT molecular complexity index is 497. The highest BCUT2D eigenvalue weighted by Gasteiger charge is 2.01. The van der Waals surface area contributed by atoms with E-state index >= 15 is 0 Å². The van der Waals surface area contributed by atoms with Crippen molar-refractivity contribution in [3.05, 3.63) is 46.6 Å². The molecule has 1 heterocycles. The Morgan fingerprint density at radius 2 is 1.81 bits per heavy atom. The minimum Gasteiger partial charge on any atom is -0.439 e. The molecule has 0 spiro atoms. The molecule has 2 rings (SSSR count). The van der Waals surface area contributed by atoms with Crippen molar-refractivity contribution < 1.29 is 4.74 Å². The lowest BCUT2D eigenvalue weighted by atomic mass is 10.3. The minimum atomic E-state index is 0.550. The lowest BCUT2D eigenvalue weighted by Gasteiger charge is -2.06. The first kappa shape index (κ1) is 11.0. The van der Waals surface area contributed by atoms with Crippen molar-refractivity contribution in [2.24, 2.45) is 0 Å². The zero-order valence-electron chi connectivity index (χ0n) is 8.77. The average molecular weight is 279 g/mol. The van der Waals surface area contributed by atoms with Gasteiger partial charge in [-0.3, -0.25) is 0 Å². The van der Waals surface area contributed by atoms with Crippen LogP contribution in [0.25, 0.3) is 0 Å². The van der Waals surface area contributed by atoms with E-state index in [-0.39, 0.29) is 0 Å². The van der Waals surface area contributed by atoms with Crippen LogP contribution >= 0.6 is 15.9 Å². The number of ether oxygens (including phenoxy) is 1. The quantitative estimate of drug-likeness (QED) is 0.914. The van der Waals surface area contributed by atoms with E-state index in [1.54, 1.807) is 12.1 Å². The van der Waals surface area contributed by atoms with Crippen LogP contribution < -0.4 is 10.5 Å². The number of halogens is 1. The number of hydrogen-bond acceptors (Lipinski definition) is 3.